The summed E-state index contributed by atoms with van der Waals surface area (Å²) < 4.78 is 18.4. The van der Waals surface area contributed by atoms with Gasteiger partial charge in [-0.05, 0) is 44.0 Å². The number of nitrogens with one attached hydrogen (secondary N) is 1. The minimum absolute atomic E-state index is 0.0443. The fourth-order valence-electron chi connectivity index (χ4n) is 1.78. The van der Waals surface area contributed by atoms with Crippen LogP contribution in [0.5, 0.6) is 5.75 Å². The molecule has 0 bridgehead atoms. The van der Waals surface area contributed by atoms with Crippen LogP contribution < -0.4 is 15.8 Å². The molecule has 1 rings (SSSR count). The molecule has 0 heterocycles. The molecule has 106 valence electrons. The predicted octanol–water partition coefficient (Wildman–Crippen LogP) is 2.14. The van der Waals surface area contributed by atoms with Crippen molar-refractivity contribution in [3.05, 3.63) is 29.6 Å². The number of ether oxygens (including phenoxy) is 1. The highest BCUT2D eigenvalue weighted by Crippen LogP contribution is 2.21. The molecular formula is C14H21FN2O2. The summed E-state index contributed by atoms with van der Waals surface area (Å²) in [5.41, 5.74) is 6.08. The van der Waals surface area contributed by atoms with Crippen LogP contribution in [0.25, 0.3) is 0 Å². The molecule has 1 aromatic rings. The highest BCUT2D eigenvalue weighted by atomic mass is 19.1. The first-order valence-electron chi connectivity index (χ1n) is 6.41. The Morgan fingerprint density at radius 3 is 2.79 bits per heavy atom. The summed E-state index contributed by atoms with van der Waals surface area (Å²) in [5.74, 6) is -0.272. The van der Waals surface area contributed by atoms with Gasteiger partial charge in [-0.25, -0.2) is 4.39 Å². The molecule has 0 spiro atoms. The molecule has 0 radical (unpaired) electrons. The molecule has 0 aliphatic rings. The Morgan fingerprint density at radius 1 is 1.47 bits per heavy atom. The van der Waals surface area contributed by atoms with Gasteiger partial charge in [0.25, 0.3) is 0 Å². The minimum Gasteiger partial charge on any atom is -0.494 e. The number of methoxy groups -OCH3 is 1. The summed E-state index contributed by atoms with van der Waals surface area (Å²) in [6, 6.07) is 4.45. The molecule has 0 aliphatic heterocycles. The zero-order valence-electron chi connectivity index (χ0n) is 11.4. The zero-order valence-corrected chi connectivity index (χ0v) is 11.4. The lowest BCUT2D eigenvalue weighted by Gasteiger charge is -2.15. The van der Waals surface area contributed by atoms with Gasteiger partial charge in [0.1, 0.15) is 0 Å². The van der Waals surface area contributed by atoms with Gasteiger partial charge in [0.05, 0.1) is 13.2 Å². The van der Waals surface area contributed by atoms with Crippen molar-refractivity contribution in [2.24, 2.45) is 5.73 Å². The number of unbranched alkanes of at least 4 members (excludes halogenated alkanes) is 1. The van der Waals surface area contributed by atoms with Crippen molar-refractivity contribution in [1.29, 1.82) is 0 Å². The van der Waals surface area contributed by atoms with E-state index in [-0.39, 0.29) is 17.7 Å². The van der Waals surface area contributed by atoms with Gasteiger partial charge in [-0.2, -0.15) is 0 Å². The third-order valence-electron chi connectivity index (χ3n) is 2.91. The first kappa shape index (κ1) is 15.4. The Labute approximate surface area is 113 Å². The number of hydrogen-bond donors (Lipinski definition) is 2. The van der Waals surface area contributed by atoms with E-state index < -0.39 is 5.82 Å². The Balaban J connectivity index is 2.55. The van der Waals surface area contributed by atoms with E-state index in [2.05, 4.69) is 5.32 Å². The van der Waals surface area contributed by atoms with Gasteiger partial charge >= 0.3 is 0 Å². The molecule has 4 nitrogen and oxygen atoms in total. The third-order valence-corrected chi connectivity index (χ3v) is 2.91. The fraction of sp³-hybridized carbons (Fsp3) is 0.500. The number of hydrogen-bond acceptors (Lipinski definition) is 3. The van der Waals surface area contributed by atoms with E-state index >= 15 is 0 Å². The third kappa shape index (κ3) is 4.87. The van der Waals surface area contributed by atoms with Gasteiger partial charge in [0, 0.05) is 6.42 Å². The van der Waals surface area contributed by atoms with Gasteiger partial charge in [-0.3, -0.25) is 4.79 Å². The topological polar surface area (TPSA) is 64.3 Å². The number of nitrogens with two attached hydrogens (primary N) is 1. The average Bonchev–Trinajstić information content (AvgIpc) is 2.38. The van der Waals surface area contributed by atoms with Crippen molar-refractivity contribution >= 4 is 5.91 Å². The number of carbonyl (C=O) groups excluding carboxylic acids is 1. The summed E-state index contributed by atoms with van der Waals surface area (Å²) in [6.07, 6.45) is 2.05. The van der Waals surface area contributed by atoms with Crippen LogP contribution in [0.4, 0.5) is 4.39 Å². The molecular weight excluding hydrogens is 247 g/mol. The summed E-state index contributed by atoms with van der Waals surface area (Å²) in [4.78, 5) is 11.6. The molecule has 1 unspecified atom stereocenters. The van der Waals surface area contributed by atoms with Crippen LogP contribution in [-0.2, 0) is 4.79 Å². The lowest BCUT2D eigenvalue weighted by atomic mass is 10.1. The molecule has 1 amide bonds. The average molecular weight is 268 g/mol. The van der Waals surface area contributed by atoms with E-state index in [9.17, 15) is 9.18 Å². The van der Waals surface area contributed by atoms with Crippen molar-refractivity contribution in [2.75, 3.05) is 13.7 Å². The SMILES string of the molecule is COc1ccc(C(C)NC(=O)CCCCN)cc1F. The maximum atomic E-state index is 13.5. The molecule has 5 heteroatoms. The lowest BCUT2D eigenvalue weighted by Crippen LogP contribution is -2.26. The normalized spacial score (nSPS) is 12.0. The van der Waals surface area contributed by atoms with Crippen molar-refractivity contribution in [1.82, 2.24) is 5.32 Å². The van der Waals surface area contributed by atoms with Crippen LogP contribution in [0.1, 0.15) is 37.8 Å². The zero-order chi connectivity index (χ0) is 14.3. The van der Waals surface area contributed by atoms with Crippen molar-refractivity contribution in [3.8, 4) is 5.75 Å². The van der Waals surface area contributed by atoms with Crippen LogP contribution in [-0.4, -0.2) is 19.6 Å². The van der Waals surface area contributed by atoms with Crippen molar-refractivity contribution in [2.45, 2.75) is 32.2 Å². The number of benzene rings is 1. The molecule has 3 N–H and O–H groups in total. The molecule has 0 saturated heterocycles. The van der Waals surface area contributed by atoms with Gasteiger partial charge in [-0.1, -0.05) is 6.07 Å². The second-order valence-corrected chi connectivity index (χ2v) is 4.43. The molecule has 0 aliphatic carbocycles. The monoisotopic (exact) mass is 268 g/mol. The number of rotatable bonds is 7. The smallest absolute Gasteiger partial charge is 0.220 e. The summed E-state index contributed by atoms with van der Waals surface area (Å²) in [5, 5.41) is 2.83. The first-order valence-corrected chi connectivity index (χ1v) is 6.41. The Morgan fingerprint density at radius 2 is 2.21 bits per heavy atom. The van der Waals surface area contributed by atoms with E-state index in [1.54, 1.807) is 12.1 Å². The fourth-order valence-corrected chi connectivity index (χ4v) is 1.78. The maximum absolute atomic E-state index is 13.5. The maximum Gasteiger partial charge on any atom is 0.220 e. The van der Waals surface area contributed by atoms with Crippen LogP contribution in [0.15, 0.2) is 18.2 Å². The molecule has 0 aromatic heterocycles. The summed E-state index contributed by atoms with van der Waals surface area (Å²) >= 11 is 0. The van der Waals surface area contributed by atoms with Crippen LogP contribution in [0, 0.1) is 5.82 Å². The van der Waals surface area contributed by atoms with Crippen molar-refractivity contribution in [3.63, 3.8) is 0 Å². The lowest BCUT2D eigenvalue weighted by molar-refractivity contribution is -0.121. The van der Waals surface area contributed by atoms with Crippen molar-refractivity contribution < 1.29 is 13.9 Å². The second-order valence-electron chi connectivity index (χ2n) is 4.43. The minimum atomic E-state index is -0.427. The quantitative estimate of drug-likeness (QED) is 0.745. The standard InChI is InChI=1S/C14H21FN2O2/c1-10(17-14(18)5-3-4-8-16)11-6-7-13(19-2)12(15)9-11/h6-7,9-10H,3-5,8,16H2,1-2H3,(H,17,18). The van der Waals surface area contributed by atoms with Gasteiger partial charge < -0.3 is 15.8 Å². The van der Waals surface area contributed by atoms with Crippen LogP contribution >= 0.6 is 0 Å². The largest absolute Gasteiger partial charge is 0.494 e. The van der Waals surface area contributed by atoms with Gasteiger partial charge in [0.15, 0.2) is 11.6 Å². The molecule has 0 saturated carbocycles. The van der Waals surface area contributed by atoms with Gasteiger partial charge in [-0.15, -0.1) is 0 Å². The highest BCUT2D eigenvalue weighted by Gasteiger charge is 2.11. The Hall–Kier alpha value is -1.62. The first-order chi connectivity index (χ1) is 9.08. The van der Waals surface area contributed by atoms with Crippen LogP contribution in [0.3, 0.4) is 0 Å². The molecule has 0 fully saturated rings. The Kier molecular flexibility index (Phi) is 6.29. The van der Waals surface area contributed by atoms with E-state index in [4.69, 9.17) is 10.5 Å². The Bertz CT molecular complexity index is 424. The van der Waals surface area contributed by atoms with E-state index in [0.29, 0.717) is 18.5 Å². The number of carbonyl (C=O) groups is 1. The number of amides is 1. The molecule has 1 aromatic carbocycles. The van der Waals surface area contributed by atoms with E-state index in [1.807, 2.05) is 6.92 Å². The second kappa shape index (κ2) is 7.74. The highest BCUT2D eigenvalue weighted by molar-refractivity contribution is 5.76. The molecule has 19 heavy (non-hydrogen) atoms. The molecule has 1 atom stereocenters. The van der Waals surface area contributed by atoms with E-state index in [1.165, 1.54) is 13.2 Å². The summed E-state index contributed by atoms with van der Waals surface area (Å²) in [7, 11) is 1.42. The number of halogens is 1. The predicted molar refractivity (Wildman–Crippen MR) is 72.4 cm³/mol. The van der Waals surface area contributed by atoms with E-state index in [0.717, 1.165) is 12.8 Å². The van der Waals surface area contributed by atoms with Crippen LogP contribution in [0.2, 0.25) is 0 Å². The van der Waals surface area contributed by atoms with Gasteiger partial charge in [0.2, 0.25) is 5.91 Å². The summed E-state index contributed by atoms with van der Waals surface area (Å²) in [6.45, 7) is 2.41.